The van der Waals surface area contributed by atoms with E-state index in [4.69, 9.17) is 28.3 Å². The Morgan fingerprint density at radius 3 is 2.53 bits per heavy atom. The van der Waals surface area contributed by atoms with E-state index in [0.717, 1.165) is 0 Å². The summed E-state index contributed by atoms with van der Waals surface area (Å²) < 4.78 is 0. The van der Waals surface area contributed by atoms with Crippen LogP contribution in [-0.4, -0.2) is 21.0 Å². The van der Waals surface area contributed by atoms with Gasteiger partial charge in [-0.15, -0.1) is 0 Å². The monoisotopic (exact) mass is 268 g/mol. The van der Waals surface area contributed by atoms with Crippen molar-refractivity contribution < 1.29 is 9.90 Å². The normalized spacial score (nSPS) is 10.2. The summed E-state index contributed by atoms with van der Waals surface area (Å²) in [5.74, 6) is -1.15. The second-order valence-electron chi connectivity index (χ2n) is 3.18. The van der Waals surface area contributed by atoms with Crippen LogP contribution in [0.25, 0.3) is 11.3 Å². The van der Waals surface area contributed by atoms with Gasteiger partial charge in [0.25, 0.3) is 0 Å². The van der Waals surface area contributed by atoms with E-state index in [2.05, 4.69) is 9.97 Å². The highest BCUT2D eigenvalue weighted by Crippen LogP contribution is 2.30. The van der Waals surface area contributed by atoms with Crippen molar-refractivity contribution in [2.24, 2.45) is 0 Å². The van der Waals surface area contributed by atoms with E-state index in [1.807, 2.05) is 0 Å². The van der Waals surface area contributed by atoms with Crippen LogP contribution in [0.4, 0.5) is 0 Å². The number of halogens is 2. The molecular formula is C11H6Cl2N2O2. The zero-order chi connectivity index (χ0) is 12.4. The van der Waals surface area contributed by atoms with Crippen LogP contribution in [0.3, 0.4) is 0 Å². The van der Waals surface area contributed by atoms with Crippen molar-refractivity contribution in [1.29, 1.82) is 0 Å². The van der Waals surface area contributed by atoms with Gasteiger partial charge >= 0.3 is 5.97 Å². The number of hydrogen-bond donors (Lipinski definition) is 1. The first-order valence-electron chi connectivity index (χ1n) is 4.59. The lowest BCUT2D eigenvalue weighted by atomic mass is 10.1. The largest absolute Gasteiger partial charge is 0.476 e. The Balaban J connectivity index is 2.64. The molecule has 0 atom stereocenters. The van der Waals surface area contributed by atoms with Gasteiger partial charge in [0.2, 0.25) is 0 Å². The summed E-state index contributed by atoms with van der Waals surface area (Å²) in [5.41, 5.74) is 0.569. The summed E-state index contributed by atoms with van der Waals surface area (Å²) in [6.45, 7) is 0. The Hall–Kier alpha value is -1.65. The molecule has 1 aromatic carbocycles. The number of aromatic nitrogens is 2. The molecule has 1 N–H and O–H groups in total. The van der Waals surface area contributed by atoms with Crippen molar-refractivity contribution >= 4 is 29.2 Å². The van der Waals surface area contributed by atoms with Crippen LogP contribution in [0.5, 0.6) is 0 Å². The molecule has 1 aromatic heterocycles. The van der Waals surface area contributed by atoms with Gasteiger partial charge in [0.05, 0.1) is 5.02 Å². The maximum atomic E-state index is 11.0. The van der Waals surface area contributed by atoms with Gasteiger partial charge in [-0.05, 0) is 18.2 Å². The van der Waals surface area contributed by atoms with Gasteiger partial charge in [-0.3, -0.25) is 4.98 Å². The molecule has 0 fully saturated rings. The first-order valence-corrected chi connectivity index (χ1v) is 5.35. The molecule has 1 heterocycles. The van der Waals surface area contributed by atoms with E-state index in [1.54, 1.807) is 12.1 Å². The lowest BCUT2D eigenvalue weighted by molar-refractivity contribution is 0.0691. The Labute approximate surface area is 107 Å². The zero-order valence-corrected chi connectivity index (χ0v) is 9.90. The minimum Gasteiger partial charge on any atom is -0.476 e. The fourth-order valence-electron chi connectivity index (χ4n) is 1.37. The highest BCUT2D eigenvalue weighted by atomic mass is 35.5. The van der Waals surface area contributed by atoms with Crippen LogP contribution in [0.1, 0.15) is 10.5 Å². The van der Waals surface area contributed by atoms with E-state index in [0.29, 0.717) is 15.6 Å². The third-order valence-corrected chi connectivity index (χ3v) is 2.63. The summed E-state index contributed by atoms with van der Waals surface area (Å²) in [6, 6.07) is 4.75. The van der Waals surface area contributed by atoms with E-state index >= 15 is 0 Å². The van der Waals surface area contributed by atoms with Crippen molar-refractivity contribution in [3.63, 3.8) is 0 Å². The van der Waals surface area contributed by atoms with Gasteiger partial charge in [-0.25, -0.2) is 9.78 Å². The predicted molar refractivity (Wildman–Crippen MR) is 64.4 cm³/mol. The van der Waals surface area contributed by atoms with Crippen molar-refractivity contribution in [2.75, 3.05) is 0 Å². The summed E-state index contributed by atoms with van der Waals surface area (Å²) in [5, 5.41) is 9.81. The Morgan fingerprint density at radius 2 is 1.88 bits per heavy atom. The number of carbonyl (C=O) groups is 1. The standard InChI is InChI=1S/C11H6Cl2N2O2/c12-6-1-2-7(8(13)5-6)9-10(11(16)17)15-4-3-14-9/h1-5H,(H,16,17). The van der Waals surface area contributed by atoms with Crippen molar-refractivity contribution in [2.45, 2.75) is 0 Å². The summed E-state index contributed by atoms with van der Waals surface area (Å²) in [4.78, 5) is 18.8. The highest BCUT2D eigenvalue weighted by Gasteiger charge is 2.16. The fourth-order valence-corrected chi connectivity index (χ4v) is 1.87. The van der Waals surface area contributed by atoms with Gasteiger partial charge in [0.15, 0.2) is 5.69 Å². The number of benzene rings is 1. The molecule has 0 unspecified atom stereocenters. The smallest absolute Gasteiger partial charge is 0.356 e. The van der Waals surface area contributed by atoms with Crippen LogP contribution in [0.15, 0.2) is 30.6 Å². The minimum absolute atomic E-state index is 0.142. The van der Waals surface area contributed by atoms with Crippen molar-refractivity contribution in [3.8, 4) is 11.3 Å². The third kappa shape index (κ3) is 2.38. The number of carboxylic acid groups (broad SMARTS) is 1. The average Bonchev–Trinajstić information content (AvgIpc) is 2.29. The first-order chi connectivity index (χ1) is 8.09. The molecule has 86 valence electrons. The fraction of sp³-hybridized carbons (Fsp3) is 0. The van der Waals surface area contributed by atoms with Gasteiger partial charge in [0.1, 0.15) is 5.69 Å². The van der Waals surface area contributed by atoms with Gasteiger partial charge in [-0.1, -0.05) is 23.2 Å². The molecule has 2 aromatic rings. The van der Waals surface area contributed by atoms with Gasteiger partial charge < -0.3 is 5.11 Å². The van der Waals surface area contributed by atoms with Crippen LogP contribution in [-0.2, 0) is 0 Å². The maximum absolute atomic E-state index is 11.0. The molecule has 0 radical (unpaired) electrons. The molecule has 0 amide bonds. The predicted octanol–water partition coefficient (Wildman–Crippen LogP) is 3.15. The summed E-state index contributed by atoms with van der Waals surface area (Å²) >= 11 is 11.8. The minimum atomic E-state index is -1.15. The highest BCUT2D eigenvalue weighted by molar-refractivity contribution is 6.36. The molecule has 6 heteroatoms. The molecular weight excluding hydrogens is 263 g/mol. The van der Waals surface area contributed by atoms with Crippen LogP contribution in [0.2, 0.25) is 10.0 Å². The van der Waals surface area contributed by atoms with E-state index < -0.39 is 5.97 Å². The molecule has 0 spiro atoms. The summed E-state index contributed by atoms with van der Waals surface area (Å²) in [7, 11) is 0. The number of aromatic carboxylic acids is 1. The third-order valence-electron chi connectivity index (χ3n) is 2.09. The zero-order valence-electron chi connectivity index (χ0n) is 8.39. The number of rotatable bonds is 2. The van der Waals surface area contributed by atoms with Crippen LogP contribution < -0.4 is 0 Å². The Morgan fingerprint density at radius 1 is 1.18 bits per heavy atom. The van der Waals surface area contributed by atoms with E-state index in [1.165, 1.54) is 18.5 Å². The van der Waals surface area contributed by atoms with Crippen LogP contribution in [0, 0.1) is 0 Å². The van der Waals surface area contributed by atoms with E-state index in [-0.39, 0.29) is 11.4 Å². The molecule has 2 rings (SSSR count). The average molecular weight is 269 g/mol. The molecule has 0 bridgehead atoms. The molecule has 0 aliphatic carbocycles. The Bertz CT molecular complexity index is 587. The Kier molecular flexibility index (Phi) is 3.26. The molecule has 0 saturated heterocycles. The first kappa shape index (κ1) is 11.8. The van der Waals surface area contributed by atoms with E-state index in [9.17, 15) is 4.79 Å². The quantitative estimate of drug-likeness (QED) is 0.909. The molecule has 4 nitrogen and oxygen atoms in total. The maximum Gasteiger partial charge on any atom is 0.356 e. The molecule has 0 aliphatic heterocycles. The molecule has 17 heavy (non-hydrogen) atoms. The second kappa shape index (κ2) is 4.69. The van der Waals surface area contributed by atoms with Crippen LogP contribution >= 0.6 is 23.2 Å². The van der Waals surface area contributed by atoms with Gasteiger partial charge in [0, 0.05) is 23.0 Å². The lowest BCUT2D eigenvalue weighted by Gasteiger charge is -2.06. The number of nitrogens with zero attached hydrogens (tertiary/aromatic N) is 2. The topological polar surface area (TPSA) is 63.1 Å². The lowest BCUT2D eigenvalue weighted by Crippen LogP contribution is -2.04. The number of carboxylic acids is 1. The molecule has 0 aliphatic rings. The SMILES string of the molecule is O=C(O)c1nccnc1-c1ccc(Cl)cc1Cl. The summed E-state index contributed by atoms with van der Waals surface area (Å²) in [6.07, 6.45) is 2.73. The molecule has 0 saturated carbocycles. The van der Waals surface area contributed by atoms with Crippen molar-refractivity contribution in [1.82, 2.24) is 9.97 Å². The van der Waals surface area contributed by atoms with Gasteiger partial charge in [-0.2, -0.15) is 0 Å². The van der Waals surface area contributed by atoms with Crippen molar-refractivity contribution in [3.05, 3.63) is 46.3 Å². The number of hydrogen-bond acceptors (Lipinski definition) is 3. The second-order valence-corrected chi connectivity index (χ2v) is 4.03.